The summed E-state index contributed by atoms with van der Waals surface area (Å²) < 4.78 is 4.99. The van der Waals surface area contributed by atoms with Crippen molar-refractivity contribution in [2.75, 3.05) is 32.2 Å². The van der Waals surface area contributed by atoms with Gasteiger partial charge in [-0.1, -0.05) is 0 Å². The van der Waals surface area contributed by atoms with Crippen molar-refractivity contribution in [3.05, 3.63) is 11.1 Å². The standard InChI is InChI=1S/C11H18N2O3S/c1-11(2,9(14)15)8-7-17-10(12-8)13(3)5-6-16-4/h7H,5-6H2,1-4H3,(H,14,15). The van der Waals surface area contributed by atoms with E-state index in [9.17, 15) is 4.79 Å². The number of anilines is 1. The third-order valence-electron chi connectivity index (χ3n) is 2.62. The predicted molar refractivity (Wildman–Crippen MR) is 67.9 cm³/mol. The first-order chi connectivity index (χ1) is 7.89. The zero-order valence-electron chi connectivity index (χ0n) is 10.6. The number of likely N-dealkylation sites (N-methyl/N-ethyl adjacent to an activating group) is 1. The molecule has 1 aromatic rings. The molecule has 5 nitrogen and oxygen atoms in total. The van der Waals surface area contributed by atoms with Crippen LogP contribution >= 0.6 is 11.3 Å². The number of aromatic nitrogens is 1. The molecule has 1 heterocycles. The van der Waals surface area contributed by atoms with Crippen molar-refractivity contribution in [2.24, 2.45) is 0 Å². The number of carbonyl (C=O) groups is 1. The smallest absolute Gasteiger partial charge is 0.315 e. The van der Waals surface area contributed by atoms with Crippen molar-refractivity contribution in [3.8, 4) is 0 Å². The molecule has 0 saturated heterocycles. The fraction of sp³-hybridized carbons (Fsp3) is 0.636. The van der Waals surface area contributed by atoms with E-state index in [1.54, 1.807) is 26.3 Å². The molecule has 1 aromatic heterocycles. The molecule has 6 heteroatoms. The Hall–Kier alpha value is -1.14. The maximum absolute atomic E-state index is 11.1. The van der Waals surface area contributed by atoms with Gasteiger partial charge >= 0.3 is 5.97 Å². The number of hydrogen-bond donors (Lipinski definition) is 1. The highest BCUT2D eigenvalue weighted by atomic mass is 32.1. The summed E-state index contributed by atoms with van der Waals surface area (Å²) in [4.78, 5) is 17.4. The van der Waals surface area contributed by atoms with Gasteiger partial charge in [-0.15, -0.1) is 11.3 Å². The van der Waals surface area contributed by atoms with E-state index in [0.29, 0.717) is 12.3 Å². The van der Waals surface area contributed by atoms with Gasteiger partial charge in [-0.3, -0.25) is 4.79 Å². The van der Waals surface area contributed by atoms with Gasteiger partial charge in [0.05, 0.1) is 12.3 Å². The van der Waals surface area contributed by atoms with Crippen molar-refractivity contribution in [1.82, 2.24) is 4.98 Å². The number of nitrogens with zero attached hydrogens (tertiary/aromatic N) is 2. The lowest BCUT2D eigenvalue weighted by molar-refractivity contribution is -0.142. The summed E-state index contributed by atoms with van der Waals surface area (Å²) >= 11 is 1.45. The molecule has 0 radical (unpaired) electrons. The minimum atomic E-state index is -0.948. The Kier molecular flexibility index (Phi) is 4.47. The monoisotopic (exact) mass is 258 g/mol. The van der Waals surface area contributed by atoms with Crippen LogP contribution in [0.1, 0.15) is 19.5 Å². The van der Waals surface area contributed by atoms with Crippen LogP contribution in [0.15, 0.2) is 5.38 Å². The summed E-state index contributed by atoms with van der Waals surface area (Å²) in [6.07, 6.45) is 0. The zero-order chi connectivity index (χ0) is 13.1. The second kappa shape index (κ2) is 5.46. The largest absolute Gasteiger partial charge is 0.481 e. The van der Waals surface area contributed by atoms with Gasteiger partial charge in [0.1, 0.15) is 5.41 Å². The molecule has 0 aliphatic carbocycles. The maximum Gasteiger partial charge on any atom is 0.315 e. The Labute approximate surface area is 105 Å². The van der Waals surface area contributed by atoms with Crippen LogP contribution in [0.2, 0.25) is 0 Å². The number of ether oxygens (including phenoxy) is 1. The van der Waals surface area contributed by atoms with E-state index < -0.39 is 11.4 Å². The number of carboxylic acids is 1. The molecule has 1 N–H and O–H groups in total. The fourth-order valence-corrected chi connectivity index (χ4v) is 2.15. The van der Waals surface area contributed by atoms with E-state index >= 15 is 0 Å². The highest BCUT2D eigenvalue weighted by Gasteiger charge is 2.32. The lowest BCUT2D eigenvalue weighted by Crippen LogP contribution is -2.29. The number of hydrogen-bond acceptors (Lipinski definition) is 5. The first-order valence-corrected chi connectivity index (χ1v) is 6.17. The highest BCUT2D eigenvalue weighted by Crippen LogP contribution is 2.28. The summed E-state index contributed by atoms with van der Waals surface area (Å²) in [6.45, 7) is 4.66. The van der Waals surface area contributed by atoms with Gasteiger partial charge in [-0.05, 0) is 13.8 Å². The minimum absolute atomic E-state index is 0.592. The molecule has 0 spiro atoms. The average Bonchev–Trinajstić information content (AvgIpc) is 2.75. The first kappa shape index (κ1) is 13.9. The molecular weight excluding hydrogens is 240 g/mol. The molecule has 0 amide bonds. The number of aliphatic carboxylic acids is 1. The summed E-state index contributed by atoms with van der Waals surface area (Å²) in [5.74, 6) is -0.867. The van der Waals surface area contributed by atoms with Crippen LogP contribution in [0.25, 0.3) is 0 Å². The van der Waals surface area contributed by atoms with Crippen molar-refractivity contribution in [1.29, 1.82) is 0 Å². The molecule has 0 aromatic carbocycles. The molecule has 96 valence electrons. The Balaban J connectivity index is 2.81. The van der Waals surface area contributed by atoms with E-state index in [1.807, 2.05) is 11.9 Å². The average molecular weight is 258 g/mol. The molecule has 0 unspecified atom stereocenters. The number of carboxylic acid groups (broad SMARTS) is 1. The molecule has 1 rings (SSSR count). The van der Waals surface area contributed by atoms with E-state index in [2.05, 4.69) is 4.98 Å². The third-order valence-corrected chi connectivity index (χ3v) is 3.58. The Morgan fingerprint density at radius 3 is 2.82 bits per heavy atom. The van der Waals surface area contributed by atoms with Crippen molar-refractivity contribution in [3.63, 3.8) is 0 Å². The second-order valence-electron chi connectivity index (χ2n) is 4.36. The van der Waals surface area contributed by atoms with Gasteiger partial charge in [0.2, 0.25) is 0 Å². The van der Waals surface area contributed by atoms with Crippen LogP contribution in [0.4, 0.5) is 5.13 Å². The molecule has 0 fully saturated rings. The lowest BCUT2D eigenvalue weighted by Gasteiger charge is -2.17. The summed E-state index contributed by atoms with van der Waals surface area (Å²) in [7, 11) is 3.56. The Bertz CT molecular complexity index is 390. The summed E-state index contributed by atoms with van der Waals surface area (Å²) in [5, 5.41) is 11.7. The van der Waals surface area contributed by atoms with Crippen molar-refractivity contribution < 1.29 is 14.6 Å². The quantitative estimate of drug-likeness (QED) is 0.839. The van der Waals surface area contributed by atoms with Crippen molar-refractivity contribution >= 4 is 22.4 Å². The summed E-state index contributed by atoms with van der Waals surface area (Å²) in [6, 6.07) is 0. The van der Waals surface area contributed by atoms with Gasteiger partial charge in [0.25, 0.3) is 0 Å². The van der Waals surface area contributed by atoms with Crippen LogP contribution in [0, 0.1) is 0 Å². The van der Waals surface area contributed by atoms with Gasteiger partial charge < -0.3 is 14.7 Å². The number of rotatable bonds is 6. The van der Waals surface area contributed by atoms with E-state index in [4.69, 9.17) is 9.84 Å². The third kappa shape index (κ3) is 3.17. The molecular formula is C11H18N2O3S. The van der Waals surface area contributed by atoms with Crippen molar-refractivity contribution in [2.45, 2.75) is 19.3 Å². The topological polar surface area (TPSA) is 62.7 Å². The van der Waals surface area contributed by atoms with Crippen LogP contribution in [0.3, 0.4) is 0 Å². The molecule has 0 atom stereocenters. The SMILES string of the molecule is COCCN(C)c1nc(C(C)(C)C(=O)O)cs1. The number of methoxy groups -OCH3 is 1. The fourth-order valence-electron chi connectivity index (χ4n) is 1.16. The van der Waals surface area contributed by atoms with Crippen LogP contribution in [0.5, 0.6) is 0 Å². The zero-order valence-corrected chi connectivity index (χ0v) is 11.4. The summed E-state index contributed by atoms with van der Waals surface area (Å²) in [5.41, 5.74) is -0.356. The molecule has 0 aliphatic rings. The highest BCUT2D eigenvalue weighted by molar-refractivity contribution is 7.13. The van der Waals surface area contributed by atoms with Crippen LogP contribution in [-0.4, -0.2) is 43.4 Å². The Morgan fingerprint density at radius 1 is 1.65 bits per heavy atom. The van der Waals surface area contributed by atoms with Crippen LogP contribution < -0.4 is 4.90 Å². The second-order valence-corrected chi connectivity index (χ2v) is 5.20. The number of thiazole rings is 1. The molecule has 0 aliphatic heterocycles. The van der Waals surface area contributed by atoms with E-state index in [0.717, 1.165) is 11.7 Å². The van der Waals surface area contributed by atoms with Crippen LogP contribution in [-0.2, 0) is 14.9 Å². The van der Waals surface area contributed by atoms with E-state index in [-0.39, 0.29) is 0 Å². The normalized spacial score (nSPS) is 11.5. The minimum Gasteiger partial charge on any atom is -0.481 e. The Morgan fingerprint density at radius 2 is 2.29 bits per heavy atom. The van der Waals surface area contributed by atoms with E-state index in [1.165, 1.54) is 11.3 Å². The van der Waals surface area contributed by atoms with Gasteiger partial charge in [-0.2, -0.15) is 0 Å². The lowest BCUT2D eigenvalue weighted by atomic mass is 9.90. The first-order valence-electron chi connectivity index (χ1n) is 5.29. The van der Waals surface area contributed by atoms with Gasteiger partial charge in [-0.25, -0.2) is 4.98 Å². The maximum atomic E-state index is 11.1. The predicted octanol–water partition coefficient (Wildman–Crippen LogP) is 1.59. The molecule has 17 heavy (non-hydrogen) atoms. The van der Waals surface area contributed by atoms with Gasteiger partial charge in [0.15, 0.2) is 5.13 Å². The molecule has 0 bridgehead atoms. The van der Waals surface area contributed by atoms with Gasteiger partial charge in [0, 0.05) is 26.1 Å². The molecule has 0 saturated carbocycles.